The van der Waals surface area contributed by atoms with Crippen molar-refractivity contribution in [3.05, 3.63) is 100 Å². The third-order valence-corrected chi connectivity index (χ3v) is 6.40. The Morgan fingerprint density at radius 3 is 2.06 bits per heavy atom. The van der Waals surface area contributed by atoms with Crippen molar-refractivity contribution >= 4 is 21.6 Å². The maximum atomic E-state index is 14.0. The number of hydrogen-bond donors (Lipinski definition) is 2. The predicted molar refractivity (Wildman–Crippen MR) is 125 cm³/mol. The molecule has 164 valence electrons. The molecule has 2 N–H and O–H groups in total. The van der Waals surface area contributed by atoms with Crippen LogP contribution in [0, 0.1) is 0 Å². The number of alkyl halides is 3. The van der Waals surface area contributed by atoms with E-state index >= 15 is 0 Å². The minimum atomic E-state index is -4.57. The van der Waals surface area contributed by atoms with Gasteiger partial charge in [0.25, 0.3) is 5.56 Å². The highest BCUT2D eigenvalue weighted by Crippen LogP contribution is 2.44. The lowest BCUT2D eigenvalue weighted by Crippen LogP contribution is -2.09. The van der Waals surface area contributed by atoms with Gasteiger partial charge in [-0.1, -0.05) is 72.8 Å². The number of halogens is 3. The van der Waals surface area contributed by atoms with E-state index < -0.39 is 17.3 Å². The van der Waals surface area contributed by atoms with Crippen molar-refractivity contribution in [1.82, 2.24) is 4.98 Å². The Hall–Kier alpha value is -3.84. The number of aromatic amines is 1. The van der Waals surface area contributed by atoms with Gasteiger partial charge < -0.3 is 10.1 Å². The molecule has 0 aliphatic rings. The van der Waals surface area contributed by atoms with Crippen LogP contribution >= 0.6 is 11.3 Å². The van der Waals surface area contributed by atoms with E-state index in [1.807, 2.05) is 0 Å². The average molecular weight is 463 g/mol. The first-order chi connectivity index (χ1) is 15.8. The summed E-state index contributed by atoms with van der Waals surface area (Å²) >= 11 is 1.16. The predicted octanol–water partition coefficient (Wildman–Crippen LogP) is 7.32. The van der Waals surface area contributed by atoms with E-state index in [2.05, 4.69) is 4.98 Å². The summed E-state index contributed by atoms with van der Waals surface area (Å²) in [6, 6.07) is 21.2. The number of thiophene rings is 1. The van der Waals surface area contributed by atoms with Crippen LogP contribution in [0.25, 0.3) is 43.6 Å². The molecule has 2 aromatic heterocycles. The number of benzene rings is 3. The molecular weight excluding hydrogens is 447 g/mol. The van der Waals surface area contributed by atoms with Gasteiger partial charge in [-0.2, -0.15) is 13.2 Å². The van der Waals surface area contributed by atoms with Gasteiger partial charge in [0.05, 0.1) is 16.5 Å². The van der Waals surface area contributed by atoms with Gasteiger partial charge in [-0.05, 0) is 28.3 Å². The highest BCUT2D eigenvalue weighted by atomic mass is 32.1. The van der Waals surface area contributed by atoms with Crippen LogP contribution in [0.1, 0.15) is 5.56 Å². The van der Waals surface area contributed by atoms with Crippen LogP contribution in [0.15, 0.2) is 89.0 Å². The highest BCUT2D eigenvalue weighted by Gasteiger charge is 2.34. The largest absolute Gasteiger partial charge is 0.506 e. The van der Waals surface area contributed by atoms with Gasteiger partial charge >= 0.3 is 6.18 Å². The third kappa shape index (κ3) is 3.70. The monoisotopic (exact) mass is 463 g/mol. The number of hydrogen-bond acceptors (Lipinski definition) is 3. The summed E-state index contributed by atoms with van der Waals surface area (Å²) in [6.07, 6.45) is -4.57. The number of nitrogens with one attached hydrogen (secondary N) is 1. The third-order valence-electron chi connectivity index (χ3n) is 5.50. The van der Waals surface area contributed by atoms with E-state index in [-0.39, 0.29) is 16.9 Å². The van der Waals surface area contributed by atoms with Gasteiger partial charge in [-0.25, -0.2) is 0 Å². The van der Waals surface area contributed by atoms with Crippen molar-refractivity contribution in [3.8, 4) is 39.1 Å². The lowest BCUT2D eigenvalue weighted by atomic mass is 9.94. The molecular formula is C26H16F3NO2S. The first kappa shape index (κ1) is 21.0. The van der Waals surface area contributed by atoms with Gasteiger partial charge in [0.2, 0.25) is 0 Å². The molecule has 7 heteroatoms. The van der Waals surface area contributed by atoms with E-state index in [1.165, 1.54) is 6.07 Å². The molecule has 0 bridgehead atoms. The number of aromatic nitrogens is 1. The molecule has 0 aliphatic heterocycles. The fraction of sp³-hybridized carbons (Fsp3) is 0.0385. The van der Waals surface area contributed by atoms with E-state index in [4.69, 9.17) is 0 Å². The van der Waals surface area contributed by atoms with Gasteiger partial charge in [-0.15, -0.1) is 11.3 Å². The number of fused-ring (bicyclic) bond motifs is 1. The first-order valence-electron chi connectivity index (χ1n) is 10.0. The summed E-state index contributed by atoms with van der Waals surface area (Å²) in [5.74, 6) is -0.253. The molecule has 0 atom stereocenters. The zero-order chi connectivity index (χ0) is 23.2. The Balaban J connectivity index is 1.74. The van der Waals surface area contributed by atoms with Gasteiger partial charge in [0.15, 0.2) is 0 Å². The van der Waals surface area contributed by atoms with E-state index in [9.17, 15) is 23.1 Å². The molecule has 5 aromatic rings. The molecule has 0 radical (unpaired) electrons. The smallest absolute Gasteiger partial charge is 0.417 e. The first-order valence-corrected chi connectivity index (χ1v) is 10.9. The molecule has 0 saturated carbocycles. The van der Waals surface area contributed by atoms with Crippen molar-refractivity contribution in [2.45, 2.75) is 6.18 Å². The molecule has 0 saturated heterocycles. The average Bonchev–Trinajstić information content (AvgIpc) is 3.23. The van der Waals surface area contributed by atoms with Crippen molar-refractivity contribution in [2.75, 3.05) is 0 Å². The Labute approximate surface area is 190 Å². The minimum Gasteiger partial charge on any atom is -0.506 e. The Morgan fingerprint density at radius 2 is 1.42 bits per heavy atom. The second-order valence-corrected chi connectivity index (χ2v) is 8.40. The number of pyridine rings is 1. The van der Waals surface area contributed by atoms with Crippen molar-refractivity contribution in [2.24, 2.45) is 0 Å². The standard InChI is InChI=1S/C26H16F3NO2S/c27-26(28,29)20-13-17(11-12-18(20)15-7-3-1-4-8-15)19-14-33-25-22(19)23(31)21(24(32)30-25)16-9-5-2-6-10-16/h1-14H,(H2,30,31,32). The van der Waals surface area contributed by atoms with Crippen LogP contribution in [0.5, 0.6) is 5.75 Å². The minimum absolute atomic E-state index is 0.0778. The number of aromatic hydroxyl groups is 1. The molecule has 0 aliphatic carbocycles. The fourth-order valence-electron chi connectivity index (χ4n) is 3.98. The maximum absolute atomic E-state index is 14.0. The summed E-state index contributed by atoms with van der Waals surface area (Å²) in [5.41, 5.74) is 0.637. The summed E-state index contributed by atoms with van der Waals surface area (Å²) in [4.78, 5) is 15.8. The zero-order valence-corrected chi connectivity index (χ0v) is 17.8. The van der Waals surface area contributed by atoms with Gasteiger partial charge in [0.1, 0.15) is 10.6 Å². The number of H-pyrrole nitrogens is 1. The Kier molecular flexibility index (Phi) is 5.06. The van der Waals surface area contributed by atoms with Crippen LogP contribution in [0.3, 0.4) is 0 Å². The van der Waals surface area contributed by atoms with Crippen molar-refractivity contribution < 1.29 is 18.3 Å². The van der Waals surface area contributed by atoms with Gasteiger partial charge in [0, 0.05) is 10.9 Å². The zero-order valence-electron chi connectivity index (χ0n) is 17.0. The molecule has 3 aromatic carbocycles. The summed E-state index contributed by atoms with van der Waals surface area (Å²) in [5, 5.41) is 13.0. The molecule has 0 amide bonds. The van der Waals surface area contributed by atoms with Gasteiger partial charge in [-0.3, -0.25) is 4.79 Å². The molecule has 3 nitrogen and oxygen atoms in total. The highest BCUT2D eigenvalue weighted by molar-refractivity contribution is 7.17. The van der Waals surface area contributed by atoms with Crippen molar-refractivity contribution in [1.29, 1.82) is 0 Å². The Morgan fingerprint density at radius 1 is 0.788 bits per heavy atom. The quantitative estimate of drug-likeness (QED) is 0.295. The maximum Gasteiger partial charge on any atom is 0.417 e. The van der Waals surface area contributed by atoms with Crippen LogP contribution in [0.2, 0.25) is 0 Å². The van der Waals surface area contributed by atoms with Crippen LogP contribution in [-0.4, -0.2) is 10.1 Å². The second-order valence-electron chi connectivity index (χ2n) is 7.52. The SMILES string of the molecule is O=c1[nH]c2scc(-c3ccc(-c4ccccc4)c(C(F)(F)F)c3)c2c(O)c1-c1ccccc1. The topological polar surface area (TPSA) is 53.1 Å². The number of rotatable bonds is 3. The van der Waals surface area contributed by atoms with Crippen LogP contribution in [-0.2, 0) is 6.18 Å². The summed E-state index contributed by atoms with van der Waals surface area (Å²) in [6.45, 7) is 0. The second kappa shape index (κ2) is 7.94. The molecule has 0 fully saturated rings. The lowest BCUT2D eigenvalue weighted by Gasteiger charge is -2.15. The van der Waals surface area contributed by atoms with Crippen LogP contribution in [0.4, 0.5) is 13.2 Å². The summed E-state index contributed by atoms with van der Waals surface area (Å²) < 4.78 is 42.0. The van der Waals surface area contributed by atoms with E-state index in [0.29, 0.717) is 32.5 Å². The lowest BCUT2D eigenvalue weighted by molar-refractivity contribution is -0.137. The van der Waals surface area contributed by atoms with E-state index in [0.717, 1.165) is 17.4 Å². The Bertz CT molecular complexity index is 1520. The molecule has 33 heavy (non-hydrogen) atoms. The summed E-state index contributed by atoms with van der Waals surface area (Å²) in [7, 11) is 0. The van der Waals surface area contributed by atoms with Crippen molar-refractivity contribution in [3.63, 3.8) is 0 Å². The molecule has 5 rings (SSSR count). The fourth-order valence-corrected chi connectivity index (χ4v) is 4.95. The molecule has 0 spiro atoms. The van der Waals surface area contributed by atoms with E-state index in [1.54, 1.807) is 72.1 Å². The van der Waals surface area contributed by atoms with Crippen LogP contribution < -0.4 is 5.56 Å². The molecule has 2 heterocycles. The molecule has 0 unspecified atom stereocenters. The normalized spacial score (nSPS) is 11.7.